The molecule has 1 saturated carbocycles. The van der Waals surface area contributed by atoms with Gasteiger partial charge in [-0.05, 0) is 32.2 Å². The second kappa shape index (κ2) is 3.75. The van der Waals surface area contributed by atoms with Gasteiger partial charge in [-0.2, -0.15) is 0 Å². The predicted octanol–water partition coefficient (Wildman–Crippen LogP) is 1.11. The molecular weight excluding hydrogens is 174 g/mol. The van der Waals surface area contributed by atoms with E-state index in [1.165, 1.54) is 7.05 Å². The van der Waals surface area contributed by atoms with Crippen LogP contribution in [-0.4, -0.2) is 20.7 Å². The second-order valence-corrected chi connectivity index (χ2v) is 5.62. The maximum Gasteiger partial charge on any atom is 0.214 e. The fourth-order valence-electron chi connectivity index (χ4n) is 1.85. The van der Waals surface area contributed by atoms with Crippen molar-refractivity contribution in [3.63, 3.8) is 0 Å². The molecule has 3 nitrogen and oxygen atoms in total. The van der Waals surface area contributed by atoms with Gasteiger partial charge in [0.25, 0.3) is 0 Å². The van der Waals surface area contributed by atoms with Gasteiger partial charge in [-0.1, -0.05) is 13.3 Å². The van der Waals surface area contributed by atoms with Crippen molar-refractivity contribution in [3.8, 4) is 0 Å². The lowest BCUT2D eigenvalue weighted by atomic mass is 10.1. The predicted molar refractivity (Wildman–Crippen MR) is 49.4 cm³/mol. The molecule has 0 radical (unpaired) electrons. The monoisotopic (exact) mass is 191 g/mol. The molecule has 12 heavy (non-hydrogen) atoms. The third kappa shape index (κ3) is 1.98. The van der Waals surface area contributed by atoms with Crippen molar-refractivity contribution in [2.45, 2.75) is 37.9 Å². The molecule has 0 aliphatic heterocycles. The second-order valence-electron chi connectivity index (χ2n) is 3.46. The van der Waals surface area contributed by atoms with Crippen LogP contribution in [0.1, 0.15) is 32.6 Å². The summed E-state index contributed by atoms with van der Waals surface area (Å²) >= 11 is 0. The standard InChI is InChI=1S/C8H17NO2S/c1-3-7-4-5-8(6-7)12(10,11)9-2/h7-9H,3-6H2,1-2H3. The van der Waals surface area contributed by atoms with Gasteiger partial charge in [-0.25, -0.2) is 13.1 Å². The fourth-order valence-corrected chi connectivity index (χ4v) is 3.15. The van der Waals surface area contributed by atoms with Gasteiger partial charge in [-0.15, -0.1) is 0 Å². The molecule has 0 aromatic rings. The van der Waals surface area contributed by atoms with E-state index in [4.69, 9.17) is 0 Å². The number of rotatable bonds is 3. The molecule has 1 aliphatic rings. The molecule has 2 unspecified atom stereocenters. The lowest BCUT2D eigenvalue weighted by molar-refractivity contribution is 0.524. The highest BCUT2D eigenvalue weighted by atomic mass is 32.2. The van der Waals surface area contributed by atoms with Gasteiger partial charge in [0, 0.05) is 0 Å². The number of nitrogens with one attached hydrogen (secondary N) is 1. The first-order valence-corrected chi connectivity index (χ1v) is 6.07. The molecule has 0 amide bonds. The van der Waals surface area contributed by atoms with E-state index in [0.717, 1.165) is 25.7 Å². The molecule has 0 bridgehead atoms. The van der Waals surface area contributed by atoms with Gasteiger partial charge in [0.15, 0.2) is 0 Å². The van der Waals surface area contributed by atoms with E-state index in [1.54, 1.807) is 0 Å². The molecule has 1 rings (SSSR count). The van der Waals surface area contributed by atoms with Crippen molar-refractivity contribution in [3.05, 3.63) is 0 Å². The maximum absolute atomic E-state index is 11.4. The quantitative estimate of drug-likeness (QED) is 0.726. The molecule has 1 aliphatic carbocycles. The molecule has 1 N–H and O–H groups in total. The molecule has 72 valence electrons. The third-order valence-electron chi connectivity index (χ3n) is 2.79. The normalized spacial score (nSPS) is 30.8. The van der Waals surface area contributed by atoms with Gasteiger partial charge >= 0.3 is 0 Å². The first-order chi connectivity index (χ1) is 5.60. The van der Waals surface area contributed by atoms with E-state index >= 15 is 0 Å². The third-order valence-corrected chi connectivity index (χ3v) is 4.67. The van der Waals surface area contributed by atoms with Crippen LogP contribution in [0.4, 0.5) is 0 Å². The highest BCUT2D eigenvalue weighted by Gasteiger charge is 2.32. The van der Waals surface area contributed by atoms with Crippen LogP contribution < -0.4 is 4.72 Å². The summed E-state index contributed by atoms with van der Waals surface area (Å²) in [5.74, 6) is 0.623. The average molecular weight is 191 g/mol. The largest absolute Gasteiger partial charge is 0.218 e. The van der Waals surface area contributed by atoms with Gasteiger partial charge in [-0.3, -0.25) is 0 Å². The Hall–Kier alpha value is -0.0900. The maximum atomic E-state index is 11.4. The lowest BCUT2D eigenvalue weighted by Gasteiger charge is -2.09. The Balaban J connectivity index is 2.58. The van der Waals surface area contributed by atoms with E-state index in [0.29, 0.717) is 5.92 Å². The van der Waals surface area contributed by atoms with Gasteiger partial charge in [0.2, 0.25) is 10.0 Å². The Labute approximate surface area is 74.6 Å². The minimum Gasteiger partial charge on any atom is -0.218 e. The van der Waals surface area contributed by atoms with Crippen LogP contribution in [0.3, 0.4) is 0 Å². The van der Waals surface area contributed by atoms with Crippen LogP contribution in [0, 0.1) is 5.92 Å². The van der Waals surface area contributed by atoms with Crippen molar-refractivity contribution in [2.75, 3.05) is 7.05 Å². The molecule has 0 aromatic carbocycles. The van der Waals surface area contributed by atoms with Crippen molar-refractivity contribution < 1.29 is 8.42 Å². The van der Waals surface area contributed by atoms with Crippen LogP contribution in [0.2, 0.25) is 0 Å². The topological polar surface area (TPSA) is 46.2 Å². The van der Waals surface area contributed by atoms with E-state index < -0.39 is 10.0 Å². The van der Waals surface area contributed by atoms with E-state index in [1.807, 2.05) is 0 Å². The van der Waals surface area contributed by atoms with Crippen molar-refractivity contribution in [2.24, 2.45) is 5.92 Å². The van der Waals surface area contributed by atoms with Crippen LogP contribution in [0.15, 0.2) is 0 Å². The Morgan fingerprint density at radius 2 is 2.08 bits per heavy atom. The van der Waals surface area contributed by atoms with E-state index in [9.17, 15) is 8.42 Å². The summed E-state index contributed by atoms with van der Waals surface area (Å²) in [6, 6.07) is 0. The Morgan fingerprint density at radius 1 is 1.42 bits per heavy atom. The van der Waals surface area contributed by atoms with Crippen molar-refractivity contribution >= 4 is 10.0 Å². The van der Waals surface area contributed by atoms with E-state index in [-0.39, 0.29) is 5.25 Å². The Kier molecular flexibility index (Phi) is 3.12. The highest BCUT2D eigenvalue weighted by molar-refractivity contribution is 7.90. The van der Waals surface area contributed by atoms with Crippen molar-refractivity contribution in [1.82, 2.24) is 4.72 Å². The summed E-state index contributed by atoms with van der Waals surface area (Å²) in [6.45, 7) is 2.12. The van der Waals surface area contributed by atoms with Gasteiger partial charge < -0.3 is 0 Å². The van der Waals surface area contributed by atoms with Crippen LogP contribution in [0.5, 0.6) is 0 Å². The summed E-state index contributed by atoms with van der Waals surface area (Å²) < 4.78 is 25.1. The lowest BCUT2D eigenvalue weighted by Crippen LogP contribution is -2.29. The van der Waals surface area contributed by atoms with Gasteiger partial charge in [0.05, 0.1) is 5.25 Å². The minimum absolute atomic E-state index is 0.132. The molecule has 0 aromatic heterocycles. The molecule has 1 fully saturated rings. The molecule has 0 heterocycles. The molecular formula is C8H17NO2S. The molecule has 4 heteroatoms. The van der Waals surface area contributed by atoms with E-state index in [2.05, 4.69) is 11.6 Å². The summed E-state index contributed by atoms with van der Waals surface area (Å²) in [6.07, 6.45) is 3.86. The smallest absolute Gasteiger partial charge is 0.214 e. The highest BCUT2D eigenvalue weighted by Crippen LogP contribution is 2.31. The zero-order chi connectivity index (χ0) is 9.19. The van der Waals surface area contributed by atoms with Crippen molar-refractivity contribution in [1.29, 1.82) is 0 Å². The average Bonchev–Trinajstić information content (AvgIpc) is 2.52. The summed E-state index contributed by atoms with van der Waals surface area (Å²) in [5.41, 5.74) is 0. The first kappa shape index (κ1) is 9.99. The van der Waals surface area contributed by atoms with Gasteiger partial charge in [0.1, 0.15) is 0 Å². The molecule has 2 atom stereocenters. The Bertz CT molecular complexity index is 235. The zero-order valence-electron chi connectivity index (χ0n) is 7.71. The fraction of sp³-hybridized carbons (Fsp3) is 1.00. The first-order valence-electron chi connectivity index (χ1n) is 4.52. The number of hydrogen-bond acceptors (Lipinski definition) is 2. The minimum atomic E-state index is -2.99. The summed E-state index contributed by atoms with van der Waals surface area (Å²) in [5, 5.41) is -0.132. The SMILES string of the molecule is CCC1CCC(S(=O)(=O)NC)C1. The van der Waals surface area contributed by atoms with Crippen LogP contribution in [0.25, 0.3) is 0 Å². The zero-order valence-corrected chi connectivity index (χ0v) is 8.52. The Morgan fingerprint density at radius 3 is 2.50 bits per heavy atom. The summed E-state index contributed by atoms with van der Waals surface area (Å²) in [7, 11) is -1.50. The molecule has 0 spiro atoms. The van der Waals surface area contributed by atoms with Crippen LogP contribution in [-0.2, 0) is 10.0 Å². The number of hydrogen-bond donors (Lipinski definition) is 1. The number of sulfonamides is 1. The summed E-state index contributed by atoms with van der Waals surface area (Å²) in [4.78, 5) is 0. The van der Waals surface area contributed by atoms with Crippen LogP contribution >= 0.6 is 0 Å². The molecule has 0 saturated heterocycles.